The van der Waals surface area contributed by atoms with Crippen LogP contribution in [-0.4, -0.2) is 35.1 Å². The van der Waals surface area contributed by atoms with E-state index in [9.17, 15) is 9.59 Å². The van der Waals surface area contributed by atoms with E-state index >= 15 is 0 Å². The molecule has 8 heteroatoms. The van der Waals surface area contributed by atoms with Crippen LogP contribution in [-0.2, 0) is 9.59 Å². The molecule has 1 aromatic rings. The molecule has 1 heterocycles. The van der Waals surface area contributed by atoms with Gasteiger partial charge in [-0.25, -0.2) is 0 Å². The summed E-state index contributed by atoms with van der Waals surface area (Å²) in [5, 5.41) is 14.0. The third-order valence-electron chi connectivity index (χ3n) is 5.02. The molecule has 2 N–H and O–H groups in total. The Balaban J connectivity index is 1.56. The third-order valence-corrected chi connectivity index (χ3v) is 6.10. The zero-order valence-electron chi connectivity index (χ0n) is 16.2. The topological polar surface area (TPSA) is 92.2 Å². The average Bonchev–Trinajstić information content (AvgIpc) is 3.06. The molecule has 7 nitrogen and oxygen atoms in total. The number of carbonyl (C=O) groups excluding carboxylic acids is 2. The van der Waals surface area contributed by atoms with Crippen LogP contribution in [0.2, 0.25) is 0 Å². The number of nitrogens with zero attached hydrogens (tertiary/aromatic N) is 2. The van der Waals surface area contributed by atoms with Crippen LogP contribution >= 0.6 is 11.8 Å². The highest BCUT2D eigenvalue weighted by atomic mass is 32.2. The second-order valence-corrected chi connectivity index (χ2v) is 8.22. The first-order valence-electron chi connectivity index (χ1n) is 9.59. The van der Waals surface area contributed by atoms with Gasteiger partial charge in [0.1, 0.15) is 11.0 Å². The van der Waals surface area contributed by atoms with Gasteiger partial charge in [-0.3, -0.25) is 9.59 Å². The van der Waals surface area contributed by atoms with E-state index < -0.39 is 5.25 Å². The summed E-state index contributed by atoms with van der Waals surface area (Å²) in [6.45, 7) is 2.00. The Morgan fingerprint density at radius 2 is 2.04 bits per heavy atom. The number of benzene rings is 1. The SMILES string of the molecule is COc1ccccc1NC(=O)C[C@@H]1S/C(=N/N=C(/C)C2CCCCC2)NC1=O. The Morgan fingerprint density at radius 1 is 1.29 bits per heavy atom. The Morgan fingerprint density at radius 3 is 2.79 bits per heavy atom. The van der Waals surface area contributed by atoms with Crippen LogP contribution in [0.5, 0.6) is 5.75 Å². The molecule has 2 amide bonds. The monoisotopic (exact) mass is 402 g/mol. The lowest BCUT2D eigenvalue weighted by Crippen LogP contribution is -2.28. The van der Waals surface area contributed by atoms with E-state index in [1.165, 1.54) is 31.0 Å². The number of nitrogens with one attached hydrogen (secondary N) is 2. The molecule has 0 unspecified atom stereocenters. The van der Waals surface area contributed by atoms with E-state index in [-0.39, 0.29) is 18.2 Å². The molecular weight excluding hydrogens is 376 g/mol. The number of ether oxygens (including phenoxy) is 1. The number of methoxy groups -OCH3 is 1. The van der Waals surface area contributed by atoms with E-state index in [2.05, 4.69) is 20.8 Å². The summed E-state index contributed by atoms with van der Waals surface area (Å²) < 4.78 is 5.23. The minimum absolute atomic E-state index is 0.0545. The van der Waals surface area contributed by atoms with E-state index in [0.29, 0.717) is 22.5 Å². The van der Waals surface area contributed by atoms with Crippen molar-refractivity contribution >= 4 is 40.1 Å². The molecule has 1 aliphatic heterocycles. The fourth-order valence-electron chi connectivity index (χ4n) is 3.43. The number of amidine groups is 1. The summed E-state index contributed by atoms with van der Waals surface area (Å²) in [5.41, 5.74) is 1.60. The molecule has 0 aromatic heterocycles. The Hall–Kier alpha value is -2.35. The Kier molecular flexibility index (Phi) is 7.08. The predicted octanol–water partition coefficient (Wildman–Crippen LogP) is 3.57. The van der Waals surface area contributed by atoms with Crippen molar-refractivity contribution in [2.24, 2.45) is 16.1 Å². The summed E-state index contributed by atoms with van der Waals surface area (Å²) in [4.78, 5) is 24.5. The first-order valence-corrected chi connectivity index (χ1v) is 10.5. The number of hydrogen-bond acceptors (Lipinski definition) is 6. The first-order chi connectivity index (χ1) is 13.6. The zero-order valence-corrected chi connectivity index (χ0v) is 17.1. The van der Waals surface area contributed by atoms with Gasteiger partial charge in [0.15, 0.2) is 5.17 Å². The van der Waals surface area contributed by atoms with Gasteiger partial charge < -0.3 is 15.4 Å². The summed E-state index contributed by atoms with van der Waals surface area (Å²) >= 11 is 1.25. The molecule has 1 aliphatic carbocycles. The molecule has 28 heavy (non-hydrogen) atoms. The van der Waals surface area contributed by atoms with Gasteiger partial charge in [0.25, 0.3) is 0 Å². The number of hydrogen-bond donors (Lipinski definition) is 2. The van der Waals surface area contributed by atoms with Crippen molar-refractivity contribution in [2.45, 2.75) is 50.7 Å². The lowest BCUT2D eigenvalue weighted by atomic mass is 9.86. The van der Waals surface area contributed by atoms with Crippen LogP contribution in [0.3, 0.4) is 0 Å². The van der Waals surface area contributed by atoms with Gasteiger partial charge >= 0.3 is 0 Å². The van der Waals surface area contributed by atoms with E-state index in [1.54, 1.807) is 19.2 Å². The van der Waals surface area contributed by atoms with Crippen molar-refractivity contribution in [1.29, 1.82) is 0 Å². The molecule has 1 aromatic carbocycles. The Bertz CT molecular complexity index is 787. The minimum Gasteiger partial charge on any atom is -0.495 e. The number of anilines is 1. The quantitative estimate of drug-likeness (QED) is 0.562. The molecule has 150 valence electrons. The second-order valence-electron chi connectivity index (χ2n) is 7.03. The molecule has 2 aliphatic rings. The molecule has 1 atom stereocenters. The second kappa shape index (κ2) is 9.73. The highest BCUT2D eigenvalue weighted by Gasteiger charge is 2.32. The Labute approximate surface area is 169 Å². The zero-order chi connectivity index (χ0) is 19.9. The normalized spacial score (nSPS) is 22.2. The van der Waals surface area contributed by atoms with Gasteiger partial charge in [-0.1, -0.05) is 43.2 Å². The smallest absolute Gasteiger partial charge is 0.240 e. The number of carbonyl (C=O) groups is 2. The predicted molar refractivity (Wildman–Crippen MR) is 113 cm³/mol. The lowest BCUT2D eigenvalue weighted by Gasteiger charge is -2.20. The van der Waals surface area contributed by atoms with E-state index in [1.807, 2.05) is 19.1 Å². The molecule has 0 spiro atoms. The van der Waals surface area contributed by atoms with Crippen molar-refractivity contribution in [3.8, 4) is 5.75 Å². The molecule has 0 radical (unpaired) electrons. The highest BCUT2D eigenvalue weighted by molar-refractivity contribution is 8.15. The maximum Gasteiger partial charge on any atom is 0.240 e. The maximum atomic E-state index is 12.3. The van der Waals surface area contributed by atoms with Gasteiger partial charge in [0.2, 0.25) is 11.8 Å². The summed E-state index contributed by atoms with van der Waals surface area (Å²) in [5.74, 6) is 0.599. The number of amides is 2. The average molecular weight is 403 g/mol. The summed E-state index contributed by atoms with van der Waals surface area (Å²) in [7, 11) is 1.55. The van der Waals surface area contributed by atoms with Crippen molar-refractivity contribution in [3.05, 3.63) is 24.3 Å². The van der Waals surface area contributed by atoms with E-state index in [0.717, 1.165) is 18.6 Å². The van der Waals surface area contributed by atoms with Crippen LogP contribution in [0.4, 0.5) is 5.69 Å². The van der Waals surface area contributed by atoms with E-state index in [4.69, 9.17) is 4.74 Å². The number of thioether (sulfide) groups is 1. The minimum atomic E-state index is -0.515. The van der Waals surface area contributed by atoms with Crippen molar-refractivity contribution in [2.75, 3.05) is 12.4 Å². The summed E-state index contributed by atoms with van der Waals surface area (Å²) in [6, 6.07) is 7.16. The third kappa shape index (κ3) is 5.34. The standard InChI is InChI=1S/C20H26N4O3S/c1-13(14-8-4-3-5-9-14)23-24-20-22-19(26)17(28-20)12-18(25)21-15-10-6-7-11-16(15)27-2/h6-7,10-11,14,17H,3-5,8-9,12H2,1-2H3,(H,21,25)(H,22,24,26)/b23-13-/t17-/m0/s1. The van der Waals surface area contributed by atoms with Crippen LogP contribution < -0.4 is 15.4 Å². The molecule has 3 rings (SSSR count). The van der Waals surface area contributed by atoms with Crippen molar-refractivity contribution < 1.29 is 14.3 Å². The van der Waals surface area contributed by atoms with Crippen LogP contribution in [0.15, 0.2) is 34.5 Å². The highest BCUT2D eigenvalue weighted by Crippen LogP contribution is 2.27. The molecule has 2 fully saturated rings. The largest absolute Gasteiger partial charge is 0.495 e. The summed E-state index contributed by atoms with van der Waals surface area (Å²) in [6.07, 6.45) is 6.14. The van der Waals surface area contributed by atoms with Crippen LogP contribution in [0.1, 0.15) is 45.4 Å². The fourth-order valence-corrected chi connectivity index (χ4v) is 4.35. The van der Waals surface area contributed by atoms with Gasteiger partial charge in [-0.05, 0) is 37.8 Å². The first kappa shape index (κ1) is 20.4. The number of rotatable bonds is 6. The van der Waals surface area contributed by atoms with Crippen LogP contribution in [0, 0.1) is 5.92 Å². The lowest BCUT2D eigenvalue weighted by molar-refractivity contribution is -0.122. The van der Waals surface area contributed by atoms with Gasteiger partial charge in [0.05, 0.1) is 12.8 Å². The van der Waals surface area contributed by atoms with Gasteiger partial charge in [0, 0.05) is 12.1 Å². The number of para-hydroxylation sites is 2. The van der Waals surface area contributed by atoms with Crippen LogP contribution in [0.25, 0.3) is 0 Å². The molecule has 0 bridgehead atoms. The maximum absolute atomic E-state index is 12.3. The van der Waals surface area contributed by atoms with Gasteiger partial charge in [-0.2, -0.15) is 5.10 Å². The van der Waals surface area contributed by atoms with Gasteiger partial charge in [-0.15, -0.1) is 5.10 Å². The molecular formula is C20H26N4O3S. The van der Waals surface area contributed by atoms with Crippen molar-refractivity contribution in [1.82, 2.24) is 5.32 Å². The molecule has 1 saturated heterocycles. The van der Waals surface area contributed by atoms with Crippen molar-refractivity contribution in [3.63, 3.8) is 0 Å². The fraction of sp³-hybridized carbons (Fsp3) is 0.500. The molecule has 1 saturated carbocycles.